The molecule has 0 saturated heterocycles. The number of amides is 1. The molecule has 1 saturated carbocycles. The molecule has 0 spiro atoms. The first-order valence-corrected chi connectivity index (χ1v) is 6.54. The smallest absolute Gasteiger partial charge is 0.255 e. The summed E-state index contributed by atoms with van der Waals surface area (Å²) >= 11 is 0. The van der Waals surface area contributed by atoms with Crippen molar-refractivity contribution in [2.75, 3.05) is 25.4 Å². The molecule has 20 heavy (non-hydrogen) atoms. The fraction of sp³-hybridized carbons (Fsp3) is 0.500. The van der Waals surface area contributed by atoms with Crippen LogP contribution in [0, 0.1) is 0 Å². The number of rotatable bonds is 6. The van der Waals surface area contributed by atoms with Gasteiger partial charge in [-0.15, -0.1) is 0 Å². The van der Waals surface area contributed by atoms with Gasteiger partial charge >= 0.3 is 0 Å². The summed E-state index contributed by atoms with van der Waals surface area (Å²) in [5.41, 5.74) is 6.30. The average Bonchev–Trinajstić information content (AvgIpc) is 3.19. The molecular weight excluding hydrogens is 266 g/mol. The van der Waals surface area contributed by atoms with E-state index in [1.54, 1.807) is 24.3 Å². The van der Waals surface area contributed by atoms with Crippen LogP contribution in [0.15, 0.2) is 24.3 Å². The Morgan fingerprint density at radius 1 is 1.35 bits per heavy atom. The van der Waals surface area contributed by atoms with E-state index < -0.39 is 18.4 Å². The van der Waals surface area contributed by atoms with Crippen LogP contribution in [-0.2, 0) is 10.2 Å². The van der Waals surface area contributed by atoms with Gasteiger partial charge in [-0.3, -0.25) is 4.79 Å². The Morgan fingerprint density at radius 2 is 1.95 bits per heavy atom. The van der Waals surface area contributed by atoms with Gasteiger partial charge in [-0.2, -0.15) is 0 Å². The van der Waals surface area contributed by atoms with Crippen molar-refractivity contribution in [3.05, 3.63) is 29.8 Å². The van der Waals surface area contributed by atoms with Crippen LogP contribution in [0.25, 0.3) is 0 Å². The number of carbonyl (C=O) groups is 1. The third-order valence-electron chi connectivity index (χ3n) is 3.64. The first-order valence-electron chi connectivity index (χ1n) is 6.54. The van der Waals surface area contributed by atoms with E-state index in [1.165, 1.54) is 0 Å². The number of nitrogens with two attached hydrogens (primary N) is 1. The Labute approximate surface area is 116 Å². The number of anilines is 1. The van der Waals surface area contributed by atoms with E-state index in [-0.39, 0.29) is 19.1 Å². The predicted octanol–water partition coefficient (Wildman–Crippen LogP) is 1.39. The van der Waals surface area contributed by atoms with Crippen LogP contribution in [-0.4, -0.2) is 42.0 Å². The number of alkyl halides is 2. The summed E-state index contributed by atoms with van der Waals surface area (Å²) in [6, 6.07) is 6.93. The second kappa shape index (κ2) is 5.75. The minimum absolute atomic E-state index is 0.0695. The normalized spacial score (nSPS) is 16.2. The summed E-state index contributed by atoms with van der Waals surface area (Å²) < 4.78 is 25.1. The molecular formula is C14H18F2N2O2. The van der Waals surface area contributed by atoms with Crippen LogP contribution in [0.5, 0.6) is 0 Å². The van der Waals surface area contributed by atoms with Crippen LogP contribution in [0.2, 0.25) is 0 Å². The number of hydrogen-bond acceptors (Lipinski definition) is 3. The van der Waals surface area contributed by atoms with Crippen LogP contribution >= 0.6 is 0 Å². The van der Waals surface area contributed by atoms with E-state index in [0.717, 1.165) is 10.5 Å². The lowest BCUT2D eigenvalue weighted by Crippen LogP contribution is -2.43. The molecule has 6 heteroatoms. The quantitative estimate of drug-likeness (QED) is 0.776. The molecule has 110 valence electrons. The number of benzene rings is 1. The molecule has 0 atom stereocenters. The number of aliphatic hydroxyl groups is 1. The second-order valence-electron chi connectivity index (χ2n) is 5.07. The standard InChI is InChI=1S/C14H18F2N2O2/c15-12(16)9-18(7-8-19)13(20)14(5-6-14)10-1-3-11(17)4-2-10/h1-4,12,19H,5-9,17H2. The molecule has 1 amide bonds. The van der Waals surface area contributed by atoms with Crippen molar-refractivity contribution in [2.24, 2.45) is 0 Å². The monoisotopic (exact) mass is 284 g/mol. The van der Waals surface area contributed by atoms with Crippen LogP contribution < -0.4 is 5.73 Å². The lowest BCUT2D eigenvalue weighted by Gasteiger charge is -2.27. The Hall–Kier alpha value is -1.69. The lowest BCUT2D eigenvalue weighted by atomic mass is 9.94. The zero-order chi connectivity index (χ0) is 14.8. The van der Waals surface area contributed by atoms with Gasteiger partial charge in [0.15, 0.2) is 0 Å². The van der Waals surface area contributed by atoms with Crippen molar-refractivity contribution < 1.29 is 18.7 Å². The zero-order valence-corrected chi connectivity index (χ0v) is 11.1. The molecule has 3 N–H and O–H groups in total. The molecule has 0 aliphatic heterocycles. The lowest BCUT2D eigenvalue weighted by molar-refractivity contribution is -0.136. The fourth-order valence-electron chi connectivity index (χ4n) is 2.42. The molecule has 0 radical (unpaired) electrons. The zero-order valence-electron chi connectivity index (χ0n) is 11.1. The molecule has 0 aromatic heterocycles. The summed E-state index contributed by atoms with van der Waals surface area (Å²) in [5.74, 6) is -0.336. The van der Waals surface area contributed by atoms with Gasteiger partial charge in [0, 0.05) is 12.2 Å². The molecule has 1 aliphatic carbocycles. The van der Waals surface area contributed by atoms with E-state index in [0.29, 0.717) is 18.5 Å². The molecule has 1 aliphatic rings. The number of carbonyl (C=O) groups excluding carboxylic acids is 1. The van der Waals surface area contributed by atoms with Crippen LogP contribution in [0.1, 0.15) is 18.4 Å². The molecule has 4 nitrogen and oxygen atoms in total. The van der Waals surface area contributed by atoms with E-state index in [2.05, 4.69) is 0 Å². The minimum Gasteiger partial charge on any atom is -0.399 e. The number of nitrogen functional groups attached to an aromatic ring is 1. The minimum atomic E-state index is -2.60. The highest BCUT2D eigenvalue weighted by atomic mass is 19.3. The highest BCUT2D eigenvalue weighted by Gasteiger charge is 2.53. The van der Waals surface area contributed by atoms with E-state index in [1.807, 2.05) is 0 Å². The van der Waals surface area contributed by atoms with Crippen LogP contribution in [0.3, 0.4) is 0 Å². The highest BCUT2D eigenvalue weighted by molar-refractivity contribution is 5.91. The van der Waals surface area contributed by atoms with Crippen molar-refractivity contribution in [3.8, 4) is 0 Å². The summed E-state index contributed by atoms with van der Waals surface area (Å²) in [6.45, 7) is -1.04. The second-order valence-corrected chi connectivity index (χ2v) is 5.07. The Morgan fingerprint density at radius 3 is 2.40 bits per heavy atom. The molecule has 0 unspecified atom stereocenters. The van der Waals surface area contributed by atoms with Gasteiger partial charge in [-0.05, 0) is 30.5 Å². The average molecular weight is 284 g/mol. The van der Waals surface area contributed by atoms with Crippen molar-refractivity contribution in [1.82, 2.24) is 4.90 Å². The first-order chi connectivity index (χ1) is 9.49. The molecule has 1 aromatic rings. The van der Waals surface area contributed by atoms with E-state index >= 15 is 0 Å². The van der Waals surface area contributed by atoms with Crippen molar-refractivity contribution in [2.45, 2.75) is 24.7 Å². The maximum Gasteiger partial charge on any atom is 0.255 e. The maximum absolute atomic E-state index is 12.5. The largest absolute Gasteiger partial charge is 0.399 e. The number of hydrogen-bond donors (Lipinski definition) is 2. The number of nitrogens with zero attached hydrogens (tertiary/aromatic N) is 1. The highest BCUT2D eigenvalue weighted by Crippen LogP contribution is 2.49. The van der Waals surface area contributed by atoms with Gasteiger partial charge in [0.25, 0.3) is 6.43 Å². The van der Waals surface area contributed by atoms with Gasteiger partial charge < -0.3 is 15.7 Å². The van der Waals surface area contributed by atoms with Crippen molar-refractivity contribution in [1.29, 1.82) is 0 Å². The summed E-state index contributed by atoms with van der Waals surface area (Å²) in [5, 5.41) is 8.94. The van der Waals surface area contributed by atoms with Crippen LogP contribution in [0.4, 0.5) is 14.5 Å². The molecule has 0 bridgehead atoms. The van der Waals surface area contributed by atoms with Gasteiger partial charge in [0.2, 0.25) is 5.91 Å². The van der Waals surface area contributed by atoms with Gasteiger partial charge in [0.1, 0.15) is 0 Å². The third-order valence-corrected chi connectivity index (χ3v) is 3.64. The molecule has 0 heterocycles. The summed E-state index contributed by atoms with van der Waals surface area (Å²) in [4.78, 5) is 13.5. The summed E-state index contributed by atoms with van der Waals surface area (Å²) in [7, 11) is 0. The third kappa shape index (κ3) is 2.90. The Bertz CT molecular complexity index is 473. The SMILES string of the molecule is Nc1ccc(C2(C(=O)N(CCO)CC(F)F)CC2)cc1. The maximum atomic E-state index is 12.5. The first kappa shape index (κ1) is 14.7. The number of aliphatic hydroxyl groups excluding tert-OH is 1. The molecule has 1 fully saturated rings. The van der Waals surface area contributed by atoms with Gasteiger partial charge in [0.05, 0.1) is 18.6 Å². The summed E-state index contributed by atoms with van der Waals surface area (Å²) in [6.07, 6.45) is -1.32. The van der Waals surface area contributed by atoms with Gasteiger partial charge in [-0.25, -0.2) is 8.78 Å². The predicted molar refractivity (Wildman–Crippen MR) is 71.4 cm³/mol. The molecule has 2 rings (SSSR count). The number of halogens is 2. The van der Waals surface area contributed by atoms with E-state index in [9.17, 15) is 13.6 Å². The topological polar surface area (TPSA) is 66.6 Å². The Balaban J connectivity index is 2.19. The Kier molecular flexibility index (Phi) is 4.23. The molecule has 1 aromatic carbocycles. The van der Waals surface area contributed by atoms with Gasteiger partial charge in [-0.1, -0.05) is 12.1 Å². The van der Waals surface area contributed by atoms with Crippen molar-refractivity contribution in [3.63, 3.8) is 0 Å². The van der Waals surface area contributed by atoms with E-state index in [4.69, 9.17) is 10.8 Å². The van der Waals surface area contributed by atoms with Crippen molar-refractivity contribution >= 4 is 11.6 Å². The fourth-order valence-corrected chi connectivity index (χ4v) is 2.42.